The fourth-order valence-corrected chi connectivity index (χ4v) is 1.39. The second-order valence-corrected chi connectivity index (χ2v) is 4.54. The third-order valence-corrected chi connectivity index (χ3v) is 2.49. The van der Waals surface area contributed by atoms with E-state index in [4.69, 9.17) is 20.4 Å². The number of carboxylic acids is 3. The standard InChI is InChI=1S/C7H16.C6H8O7/c1-3-5-7-6-4-2;7-3(8)1-6(13,5(11)12)2-4(9)10/h3-7H2,1-2H3;13H,1-2H2,(H,7,8)(H,9,10)(H,11,12). The number of unbranched alkanes of at least 4 members (excludes halogenated alkanes) is 4. The van der Waals surface area contributed by atoms with Gasteiger partial charge in [0.15, 0.2) is 5.60 Å². The molecule has 0 saturated carbocycles. The first-order valence-corrected chi connectivity index (χ1v) is 6.59. The van der Waals surface area contributed by atoms with Crippen molar-refractivity contribution < 1.29 is 34.8 Å². The van der Waals surface area contributed by atoms with E-state index in [1.807, 2.05) is 0 Å². The molecule has 0 aromatic heterocycles. The summed E-state index contributed by atoms with van der Waals surface area (Å²) in [5, 5.41) is 33.8. The molecule has 0 atom stereocenters. The van der Waals surface area contributed by atoms with Crippen LogP contribution in [-0.4, -0.2) is 43.9 Å². The normalized spacial score (nSPS) is 10.3. The third kappa shape index (κ3) is 11.5. The Morgan fingerprint density at radius 1 is 0.800 bits per heavy atom. The number of hydrogen-bond donors (Lipinski definition) is 4. The van der Waals surface area contributed by atoms with Crippen LogP contribution in [0.4, 0.5) is 0 Å². The van der Waals surface area contributed by atoms with Crippen molar-refractivity contribution in [1.82, 2.24) is 0 Å². The SMILES string of the molecule is CCCCCCC.O=C(O)CC(O)(CC(=O)O)C(=O)O. The van der Waals surface area contributed by atoms with E-state index in [0.717, 1.165) is 0 Å². The smallest absolute Gasteiger partial charge is 0.336 e. The highest BCUT2D eigenvalue weighted by atomic mass is 16.4. The van der Waals surface area contributed by atoms with Crippen LogP contribution in [0.3, 0.4) is 0 Å². The van der Waals surface area contributed by atoms with Crippen molar-refractivity contribution in [3.63, 3.8) is 0 Å². The van der Waals surface area contributed by atoms with Crippen LogP contribution in [-0.2, 0) is 14.4 Å². The molecule has 0 amide bonds. The zero-order valence-electron chi connectivity index (χ0n) is 12.0. The molecule has 0 aliphatic rings. The molecule has 0 rings (SSSR count). The van der Waals surface area contributed by atoms with Gasteiger partial charge in [0.05, 0.1) is 12.8 Å². The number of carbonyl (C=O) groups is 3. The summed E-state index contributed by atoms with van der Waals surface area (Å²) >= 11 is 0. The van der Waals surface area contributed by atoms with Crippen molar-refractivity contribution in [3.05, 3.63) is 0 Å². The highest BCUT2D eigenvalue weighted by molar-refractivity contribution is 5.88. The number of hydrogen-bond acceptors (Lipinski definition) is 4. The molecule has 7 heteroatoms. The van der Waals surface area contributed by atoms with Gasteiger partial charge in [-0.3, -0.25) is 9.59 Å². The first-order chi connectivity index (χ1) is 9.19. The first-order valence-electron chi connectivity index (χ1n) is 6.59. The van der Waals surface area contributed by atoms with Crippen molar-refractivity contribution in [2.24, 2.45) is 0 Å². The van der Waals surface area contributed by atoms with Crippen molar-refractivity contribution in [2.75, 3.05) is 0 Å². The molecule has 0 unspecified atom stereocenters. The fourth-order valence-electron chi connectivity index (χ4n) is 1.39. The van der Waals surface area contributed by atoms with Gasteiger partial charge in [0.2, 0.25) is 0 Å². The molecule has 0 heterocycles. The van der Waals surface area contributed by atoms with E-state index in [9.17, 15) is 14.4 Å². The topological polar surface area (TPSA) is 132 Å². The Hall–Kier alpha value is -1.63. The molecular formula is C13H24O7. The fraction of sp³-hybridized carbons (Fsp3) is 0.769. The summed E-state index contributed by atoms with van der Waals surface area (Å²) in [6.07, 6.45) is 4.72. The highest BCUT2D eigenvalue weighted by Gasteiger charge is 2.40. The molecule has 0 fully saturated rings. The minimum absolute atomic E-state index is 1.14. The molecule has 118 valence electrons. The second kappa shape index (κ2) is 11.2. The monoisotopic (exact) mass is 292 g/mol. The Kier molecular flexibility index (Phi) is 11.6. The lowest BCUT2D eigenvalue weighted by Crippen LogP contribution is -2.42. The van der Waals surface area contributed by atoms with Gasteiger partial charge in [0.1, 0.15) is 0 Å². The van der Waals surface area contributed by atoms with Gasteiger partial charge in [0, 0.05) is 0 Å². The Labute approximate surface area is 118 Å². The third-order valence-electron chi connectivity index (χ3n) is 2.49. The summed E-state index contributed by atoms with van der Waals surface area (Å²) in [5.41, 5.74) is -2.74. The quantitative estimate of drug-likeness (QED) is 0.476. The molecule has 7 nitrogen and oxygen atoms in total. The van der Waals surface area contributed by atoms with Gasteiger partial charge < -0.3 is 20.4 Å². The second-order valence-electron chi connectivity index (χ2n) is 4.54. The van der Waals surface area contributed by atoms with Crippen molar-refractivity contribution in [3.8, 4) is 0 Å². The van der Waals surface area contributed by atoms with Crippen LogP contribution in [0.5, 0.6) is 0 Å². The van der Waals surface area contributed by atoms with E-state index in [1.165, 1.54) is 32.1 Å². The Morgan fingerprint density at radius 2 is 1.15 bits per heavy atom. The maximum absolute atomic E-state index is 10.3. The van der Waals surface area contributed by atoms with E-state index in [1.54, 1.807) is 0 Å². The van der Waals surface area contributed by atoms with Crippen LogP contribution in [0, 0.1) is 0 Å². The Morgan fingerprint density at radius 3 is 1.35 bits per heavy atom. The van der Waals surface area contributed by atoms with Crippen LogP contribution in [0.1, 0.15) is 58.8 Å². The molecule has 0 radical (unpaired) electrons. The molecule has 4 N–H and O–H groups in total. The van der Waals surface area contributed by atoms with Gasteiger partial charge in [-0.05, 0) is 0 Å². The van der Waals surface area contributed by atoms with Gasteiger partial charge in [-0.1, -0.05) is 46.0 Å². The number of carboxylic acid groups (broad SMARTS) is 3. The summed E-state index contributed by atoms with van der Waals surface area (Å²) in [7, 11) is 0. The van der Waals surface area contributed by atoms with E-state index < -0.39 is 36.4 Å². The van der Waals surface area contributed by atoms with Crippen LogP contribution < -0.4 is 0 Å². The van der Waals surface area contributed by atoms with Crippen molar-refractivity contribution in [2.45, 2.75) is 64.4 Å². The van der Waals surface area contributed by atoms with E-state index in [0.29, 0.717) is 0 Å². The lowest BCUT2D eigenvalue weighted by Gasteiger charge is -2.18. The number of aliphatic hydroxyl groups is 1. The summed E-state index contributed by atoms with van der Waals surface area (Å²) in [4.78, 5) is 30.5. The van der Waals surface area contributed by atoms with Gasteiger partial charge in [-0.15, -0.1) is 0 Å². The molecule has 0 bridgehead atoms. The molecule has 0 aromatic carbocycles. The lowest BCUT2D eigenvalue weighted by atomic mass is 9.96. The maximum Gasteiger partial charge on any atom is 0.336 e. The number of rotatable bonds is 9. The maximum atomic E-state index is 10.3. The van der Waals surface area contributed by atoms with E-state index >= 15 is 0 Å². The first kappa shape index (κ1) is 20.7. The van der Waals surface area contributed by atoms with E-state index in [-0.39, 0.29) is 0 Å². The molecular weight excluding hydrogens is 268 g/mol. The van der Waals surface area contributed by atoms with Gasteiger partial charge in [-0.25, -0.2) is 4.79 Å². The van der Waals surface area contributed by atoms with Gasteiger partial charge >= 0.3 is 17.9 Å². The predicted octanol–water partition coefficient (Wildman–Crippen LogP) is 1.73. The molecule has 0 spiro atoms. The van der Waals surface area contributed by atoms with E-state index in [2.05, 4.69) is 13.8 Å². The summed E-state index contributed by atoms with van der Waals surface area (Å²) < 4.78 is 0. The lowest BCUT2D eigenvalue weighted by molar-refractivity contribution is -0.170. The van der Waals surface area contributed by atoms with Crippen LogP contribution in [0.25, 0.3) is 0 Å². The Bertz CT molecular complexity index is 292. The summed E-state index contributed by atoms with van der Waals surface area (Å²) in [6, 6.07) is 0. The molecule has 0 aliphatic heterocycles. The molecule has 0 saturated heterocycles. The minimum atomic E-state index is -2.74. The zero-order valence-corrected chi connectivity index (χ0v) is 12.0. The molecule has 0 aliphatic carbocycles. The molecule has 20 heavy (non-hydrogen) atoms. The highest BCUT2D eigenvalue weighted by Crippen LogP contribution is 2.15. The number of aliphatic carboxylic acids is 3. The van der Waals surface area contributed by atoms with Gasteiger partial charge in [-0.2, -0.15) is 0 Å². The van der Waals surface area contributed by atoms with Crippen LogP contribution in [0.15, 0.2) is 0 Å². The average molecular weight is 292 g/mol. The zero-order chi connectivity index (χ0) is 16.2. The summed E-state index contributed by atoms with van der Waals surface area (Å²) in [6.45, 7) is 4.49. The van der Waals surface area contributed by atoms with Crippen molar-refractivity contribution >= 4 is 17.9 Å². The predicted molar refractivity (Wildman–Crippen MR) is 71.5 cm³/mol. The average Bonchev–Trinajstić information content (AvgIpc) is 2.28. The molecule has 0 aromatic rings. The Balaban J connectivity index is 0. The minimum Gasteiger partial charge on any atom is -0.481 e. The van der Waals surface area contributed by atoms with Gasteiger partial charge in [0.25, 0.3) is 0 Å². The van der Waals surface area contributed by atoms with Crippen LogP contribution >= 0.6 is 0 Å². The van der Waals surface area contributed by atoms with Crippen LogP contribution in [0.2, 0.25) is 0 Å². The van der Waals surface area contributed by atoms with Crippen molar-refractivity contribution in [1.29, 1.82) is 0 Å². The summed E-state index contributed by atoms with van der Waals surface area (Å²) in [5.74, 6) is -5.02. The largest absolute Gasteiger partial charge is 0.481 e.